The number of amides is 1. The molecular weight excluding hydrogens is 394 g/mol. The highest BCUT2D eigenvalue weighted by Crippen LogP contribution is 2.37. The average Bonchev–Trinajstić information content (AvgIpc) is 2.80. The Morgan fingerprint density at radius 3 is 2.62 bits per heavy atom. The SMILES string of the molecule is CC1CCC(CC(N)C(=O)N(C)C2CCNc3ccc(Cc4ccccc4)cc32)C(C)C1. The van der Waals surface area contributed by atoms with Crippen molar-refractivity contribution in [2.75, 3.05) is 18.9 Å². The fourth-order valence-corrected chi connectivity index (χ4v) is 5.81. The third kappa shape index (κ3) is 5.17. The molecule has 5 atom stereocenters. The number of nitrogens with zero attached hydrogens (tertiary/aromatic N) is 1. The van der Waals surface area contributed by atoms with Crippen molar-refractivity contribution in [2.24, 2.45) is 23.5 Å². The third-order valence-corrected chi connectivity index (χ3v) is 7.76. The van der Waals surface area contributed by atoms with Gasteiger partial charge in [-0.1, -0.05) is 62.7 Å². The molecule has 3 N–H and O–H groups in total. The van der Waals surface area contributed by atoms with Crippen molar-refractivity contribution in [1.29, 1.82) is 0 Å². The highest BCUT2D eigenvalue weighted by Gasteiger charge is 2.33. The lowest BCUT2D eigenvalue weighted by Crippen LogP contribution is -2.46. The Morgan fingerprint density at radius 1 is 1.09 bits per heavy atom. The molecule has 2 aliphatic rings. The number of nitrogens with two attached hydrogens (primary N) is 1. The van der Waals surface area contributed by atoms with Gasteiger partial charge in [-0.15, -0.1) is 0 Å². The molecule has 5 unspecified atom stereocenters. The normalized spacial score (nSPS) is 26.0. The van der Waals surface area contributed by atoms with Crippen LogP contribution in [0.5, 0.6) is 0 Å². The van der Waals surface area contributed by atoms with Crippen LogP contribution in [0.15, 0.2) is 48.5 Å². The van der Waals surface area contributed by atoms with Crippen LogP contribution in [0, 0.1) is 17.8 Å². The summed E-state index contributed by atoms with van der Waals surface area (Å²) in [6, 6.07) is 16.8. The summed E-state index contributed by atoms with van der Waals surface area (Å²) >= 11 is 0. The summed E-state index contributed by atoms with van der Waals surface area (Å²) in [5.74, 6) is 2.11. The third-order valence-electron chi connectivity index (χ3n) is 7.76. The molecular formula is C28H39N3O. The minimum Gasteiger partial charge on any atom is -0.385 e. The van der Waals surface area contributed by atoms with Crippen LogP contribution >= 0.6 is 0 Å². The van der Waals surface area contributed by atoms with Gasteiger partial charge in [-0.2, -0.15) is 0 Å². The van der Waals surface area contributed by atoms with Crippen molar-refractivity contribution in [3.05, 3.63) is 65.2 Å². The van der Waals surface area contributed by atoms with E-state index in [-0.39, 0.29) is 11.9 Å². The van der Waals surface area contributed by atoms with Crippen LogP contribution in [0.2, 0.25) is 0 Å². The topological polar surface area (TPSA) is 58.4 Å². The molecule has 0 bridgehead atoms. The van der Waals surface area contributed by atoms with E-state index in [1.54, 1.807) is 0 Å². The molecule has 0 saturated heterocycles. The van der Waals surface area contributed by atoms with E-state index in [4.69, 9.17) is 5.73 Å². The number of carbonyl (C=O) groups is 1. The molecule has 1 saturated carbocycles. The molecule has 0 radical (unpaired) electrons. The lowest BCUT2D eigenvalue weighted by Gasteiger charge is -2.37. The Bertz CT molecular complexity index is 912. The summed E-state index contributed by atoms with van der Waals surface area (Å²) in [6.07, 6.45) is 6.34. The highest BCUT2D eigenvalue weighted by molar-refractivity contribution is 5.82. The molecule has 0 spiro atoms. The van der Waals surface area contributed by atoms with Gasteiger partial charge in [-0.3, -0.25) is 4.79 Å². The highest BCUT2D eigenvalue weighted by atomic mass is 16.2. The summed E-state index contributed by atoms with van der Waals surface area (Å²) in [5, 5.41) is 3.51. The van der Waals surface area contributed by atoms with Crippen LogP contribution in [-0.2, 0) is 11.2 Å². The number of fused-ring (bicyclic) bond motifs is 1. The summed E-state index contributed by atoms with van der Waals surface area (Å²) in [6.45, 7) is 5.55. The standard InChI is InChI=1S/C28H39N3O/c1-19-9-11-23(20(2)15-19)18-25(29)28(32)31(3)27-13-14-30-26-12-10-22(17-24(26)27)16-21-7-5-4-6-8-21/h4-8,10,12,17,19-20,23,25,27,30H,9,11,13-16,18,29H2,1-3H3. The molecule has 1 fully saturated rings. The van der Waals surface area contributed by atoms with Gasteiger partial charge in [0.25, 0.3) is 0 Å². The Hall–Kier alpha value is -2.33. The summed E-state index contributed by atoms with van der Waals surface area (Å²) in [5.41, 5.74) is 11.4. The van der Waals surface area contributed by atoms with E-state index in [1.807, 2.05) is 11.9 Å². The van der Waals surface area contributed by atoms with E-state index in [1.165, 1.54) is 36.0 Å². The van der Waals surface area contributed by atoms with E-state index in [2.05, 4.69) is 67.7 Å². The lowest BCUT2D eigenvalue weighted by atomic mass is 9.73. The van der Waals surface area contributed by atoms with Crippen molar-refractivity contribution < 1.29 is 4.79 Å². The van der Waals surface area contributed by atoms with Gasteiger partial charge in [0.1, 0.15) is 0 Å². The van der Waals surface area contributed by atoms with Crippen LogP contribution in [0.4, 0.5) is 5.69 Å². The van der Waals surface area contributed by atoms with Crippen molar-refractivity contribution >= 4 is 11.6 Å². The number of nitrogens with one attached hydrogen (secondary N) is 1. The van der Waals surface area contributed by atoms with E-state index >= 15 is 0 Å². The average molecular weight is 434 g/mol. The first kappa shape index (κ1) is 22.8. The first-order valence-electron chi connectivity index (χ1n) is 12.3. The van der Waals surface area contributed by atoms with Gasteiger partial charge in [0, 0.05) is 19.3 Å². The molecule has 4 rings (SSSR count). The predicted molar refractivity (Wildman–Crippen MR) is 133 cm³/mol. The number of benzene rings is 2. The smallest absolute Gasteiger partial charge is 0.239 e. The van der Waals surface area contributed by atoms with Gasteiger partial charge in [0.15, 0.2) is 0 Å². The first-order chi connectivity index (χ1) is 15.4. The number of carbonyl (C=O) groups excluding carboxylic acids is 1. The molecule has 1 aliphatic carbocycles. The lowest BCUT2D eigenvalue weighted by molar-refractivity contribution is -0.134. The number of likely N-dealkylation sites (N-methyl/N-ethyl adjacent to an activating group) is 1. The van der Waals surface area contributed by atoms with Crippen molar-refractivity contribution in [3.8, 4) is 0 Å². The second kappa shape index (κ2) is 10.1. The van der Waals surface area contributed by atoms with Gasteiger partial charge >= 0.3 is 0 Å². The van der Waals surface area contributed by atoms with E-state index in [9.17, 15) is 4.79 Å². The van der Waals surface area contributed by atoms with Crippen LogP contribution in [0.3, 0.4) is 0 Å². The molecule has 2 aromatic carbocycles. The quantitative estimate of drug-likeness (QED) is 0.643. The minimum atomic E-state index is -0.410. The molecule has 1 aliphatic heterocycles. The van der Waals surface area contributed by atoms with Crippen molar-refractivity contribution in [3.63, 3.8) is 0 Å². The number of rotatable bonds is 6. The van der Waals surface area contributed by atoms with Crippen LogP contribution in [-0.4, -0.2) is 30.4 Å². The van der Waals surface area contributed by atoms with Gasteiger partial charge in [-0.25, -0.2) is 0 Å². The van der Waals surface area contributed by atoms with Crippen molar-refractivity contribution in [2.45, 2.75) is 64.5 Å². The molecule has 4 heteroatoms. The summed E-state index contributed by atoms with van der Waals surface area (Å²) < 4.78 is 0. The Kier molecular flexibility index (Phi) is 7.20. The monoisotopic (exact) mass is 433 g/mol. The molecule has 172 valence electrons. The second-order valence-corrected chi connectivity index (χ2v) is 10.3. The number of hydrogen-bond donors (Lipinski definition) is 2. The summed E-state index contributed by atoms with van der Waals surface area (Å²) in [7, 11) is 1.94. The maximum atomic E-state index is 13.4. The molecule has 1 amide bonds. The first-order valence-corrected chi connectivity index (χ1v) is 12.3. The Labute approximate surface area is 193 Å². The largest absolute Gasteiger partial charge is 0.385 e. The maximum absolute atomic E-state index is 13.4. The molecule has 1 heterocycles. The maximum Gasteiger partial charge on any atom is 0.239 e. The number of anilines is 1. The van der Waals surface area contributed by atoms with Gasteiger partial charge in [0.05, 0.1) is 12.1 Å². The van der Waals surface area contributed by atoms with Crippen molar-refractivity contribution in [1.82, 2.24) is 4.90 Å². The van der Waals surface area contributed by atoms with Gasteiger partial charge < -0.3 is 16.0 Å². The van der Waals surface area contributed by atoms with E-state index in [0.29, 0.717) is 11.8 Å². The zero-order valence-electron chi connectivity index (χ0n) is 19.9. The zero-order chi connectivity index (χ0) is 22.7. The second-order valence-electron chi connectivity index (χ2n) is 10.3. The van der Waals surface area contributed by atoms with Crippen LogP contribution in [0.1, 0.15) is 68.7 Å². The van der Waals surface area contributed by atoms with Crippen LogP contribution < -0.4 is 11.1 Å². The fourth-order valence-electron chi connectivity index (χ4n) is 5.81. The van der Waals surface area contributed by atoms with Gasteiger partial charge in [-0.05, 0) is 72.6 Å². The Morgan fingerprint density at radius 2 is 1.88 bits per heavy atom. The van der Waals surface area contributed by atoms with E-state index in [0.717, 1.165) is 37.4 Å². The zero-order valence-corrected chi connectivity index (χ0v) is 19.9. The van der Waals surface area contributed by atoms with Crippen LogP contribution in [0.25, 0.3) is 0 Å². The Balaban J connectivity index is 1.46. The predicted octanol–water partition coefficient (Wildman–Crippen LogP) is 5.38. The minimum absolute atomic E-state index is 0.0734. The van der Waals surface area contributed by atoms with Gasteiger partial charge in [0.2, 0.25) is 5.91 Å². The molecule has 2 aromatic rings. The summed E-state index contributed by atoms with van der Waals surface area (Å²) in [4.78, 5) is 15.3. The van der Waals surface area contributed by atoms with E-state index < -0.39 is 6.04 Å². The number of hydrogen-bond acceptors (Lipinski definition) is 3. The molecule has 4 nitrogen and oxygen atoms in total. The fraction of sp³-hybridized carbons (Fsp3) is 0.536. The molecule has 0 aromatic heterocycles. The molecule has 32 heavy (non-hydrogen) atoms.